The number of nitrogens with two attached hydrogens (primary N) is 1. The smallest absolute Gasteiger partial charge is 0.241 e. The molecule has 0 radical (unpaired) electrons. The number of hydrogen-bond acceptors (Lipinski definition) is 3. The number of carbonyl (C=O) groups excluding carboxylic acids is 1. The van der Waals surface area contributed by atoms with E-state index in [4.69, 9.17) is 5.73 Å². The summed E-state index contributed by atoms with van der Waals surface area (Å²) < 4.78 is 13.8. The molecule has 0 spiro atoms. The number of nitrogens with zero attached hydrogens (tertiary/aromatic N) is 2. The molecule has 1 aliphatic heterocycles. The van der Waals surface area contributed by atoms with Crippen LogP contribution in [0.25, 0.3) is 0 Å². The highest BCUT2D eigenvalue weighted by molar-refractivity contribution is 5.83. The van der Waals surface area contributed by atoms with Gasteiger partial charge in [0.05, 0.1) is 6.54 Å². The van der Waals surface area contributed by atoms with Gasteiger partial charge in [0.15, 0.2) is 0 Å². The van der Waals surface area contributed by atoms with Crippen molar-refractivity contribution in [2.24, 2.45) is 5.73 Å². The van der Waals surface area contributed by atoms with Crippen LogP contribution in [0.3, 0.4) is 0 Å². The molecule has 1 aliphatic rings. The Morgan fingerprint density at radius 1 is 1.39 bits per heavy atom. The lowest BCUT2D eigenvalue weighted by Crippen LogP contribution is -2.49. The average molecular weight is 251 g/mol. The van der Waals surface area contributed by atoms with Crippen molar-refractivity contribution in [3.63, 3.8) is 0 Å². The molecule has 1 fully saturated rings. The quantitative estimate of drug-likeness (QED) is 0.857. The van der Waals surface area contributed by atoms with Gasteiger partial charge in [0.1, 0.15) is 5.82 Å². The van der Waals surface area contributed by atoms with Crippen LogP contribution in [0.15, 0.2) is 18.2 Å². The number of hydrogen-bond donors (Lipinski definition) is 1. The fourth-order valence-electron chi connectivity index (χ4n) is 2.22. The Bertz CT molecular complexity index is 462. The molecule has 1 aromatic rings. The van der Waals surface area contributed by atoms with Gasteiger partial charge in [-0.2, -0.15) is 0 Å². The third kappa shape index (κ3) is 2.31. The molecule has 2 N–H and O–H groups in total. The predicted molar refractivity (Wildman–Crippen MR) is 68.9 cm³/mol. The lowest BCUT2D eigenvalue weighted by molar-refractivity contribution is -0.129. The van der Waals surface area contributed by atoms with Gasteiger partial charge in [0.25, 0.3) is 0 Å². The van der Waals surface area contributed by atoms with Gasteiger partial charge in [-0.1, -0.05) is 6.07 Å². The standard InChI is InChI=1S/C13H18FN3O/c1-9(15)13-10(14)4-3-5-11(13)17-7-6-16(2)12(18)8-17/h3-5,9H,6-8,15H2,1-2H3. The number of halogens is 1. The summed E-state index contributed by atoms with van der Waals surface area (Å²) in [4.78, 5) is 15.3. The second-order valence-electron chi connectivity index (χ2n) is 4.70. The third-order valence-electron chi connectivity index (χ3n) is 3.28. The van der Waals surface area contributed by atoms with Crippen LogP contribution in [0.5, 0.6) is 0 Å². The van der Waals surface area contributed by atoms with E-state index in [0.29, 0.717) is 18.7 Å². The Labute approximate surface area is 106 Å². The largest absolute Gasteiger partial charge is 0.360 e. The summed E-state index contributed by atoms with van der Waals surface area (Å²) in [6.07, 6.45) is 0. The zero-order valence-electron chi connectivity index (χ0n) is 10.7. The van der Waals surface area contributed by atoms with Crippen LogP contribution in [-0.2, 0) is 4.79 Å². The monoisotopic (exact) mass is 251 g/mol. The van der Waals surface area contributed by atoms with E-state index in [2.05, 4.69) is 0 Å². The van der Waals surface area contributed by atoms with Crippen LogP contribution < -0.4 is 10.6 Å². The highest BCUT2D eigenvalue weighted by atomic mass is 19.1. The van der Waals surface area contributed by atoms with Gasteiger partial charge in [0.2, 0.25) is 5.91 Å². The number of rotatable bonds is 2. The van der Waals surface area contributed by atoms with Crippen molar-refractivity contribution >= 4 is 11.6 Å². The molecule has 5 heteroatoms. The van der Waals surface area contributed by atoms with Crippen molar-refractivity contribution in [2.45, 2.75) is 13.0 Å². The molecule has 18 heavy (non-hydrogen) atoms. The summed E-state index contributed by atoms with van der Waals surface area (Å²) in [6.45, 7) is 3.37. The lowest BCUT2D eigenvalue weighted by Gasteiger charge is -2.35. The van der Waals surface area contributed by atoms with Crippen LogP contribution in [-0.4, -0.2) is 37.5 Å². The maximum atomic E-state index is 13.8. The van der Waals surface area contributed by atoms with Crippen molar-refractivity contribution in [1.82, 2.24) is 4.90 Å². The van der Waals surface area contributed by atoms with Crippen molar-refractivity contribution in [3.8, 4) is 0 Å². The van der Waals surface area contributed by atoms with Crippen molar-refractivity contribution < 1.29 is 9.18 Å². The highest BCUT2D eigenvalue weighted by Gasteiger charge is 2.24. The van der Waals surface area contributed by atoms with Crippen molar-refractivity contribution in [2.75, 3.05) is 31.6 Å². The Morgan fingerprint density at radius 2 is 2.11 bits per heavy atom. The Balaban J connectivity index is 2.34. The van der Waals surface area contributed by atoms with Crippen LogP contribution >= 0.6 is 0 Å². The molecule has 1 heterocycles. The van der Waals surface area contributed by atoms with E-state index >= 15 is 0 Å². The maximum Gasteiger partial charge on any atom is 0.241 e. The molecule has 0 saturated carbocycles. The van der Waals surface area contributed by atoms with E-state index in [0.717, 1.165) is 5.69 Å². The number of anilines is 1. The molecule has 1 aromatic carbocycles. The third-order valence-corrected chi connectivity index (χ3v) is 3.28. The van der Waals surface area contributed by atoms with Gasteiger partial charge in [-0.25, -0.2) is 4.39 Å². The number of amides is 1. The zero-order chi connectivity index (χ0) is 13.3. The number of benzene rings is 1. The maximum absolute atomic E-state index is 13.8. The van der Waals surface area contributed by atoms with Gasteiger partial charge in [0, 0.05) is 37.4 Å². The van der Waals surface area contributed by atoms with E-state index in [1.54, 1.807) is 24.9 Å². The van der Waals surface area contributed by atoms with E-state index in [1.165, 1.54) is 6.07 Å². The first kappa shape index (κ1) is 12.8. The molecule has 1 unspecified atom stereocenters. The second-order valence-corrected chi connectivity index (χ2v) is 4.70. The molecule has 1 amide bonds. The minimum absolute atomic E-state index is 0.0427. The van der Waals surface area contributed by atoms with Crippen LogP contribution in [0.4, 0.5) is 10.1 Å². The summed E-state index contributed by atoms with van der Waals surface area (Å²) >= 11 is 0. The van der Waals surface area contributed by atoms with Crippen LogP contribution in [0, 0.1) is 5.82 Å². The van der Waals surface area contributed by atoms with Gasteiger partial charge in [-0.15, -0.1) is 0 Å². The predicted octanol–water partition coefficient (Wildman–Crippen LogP) is 1.12. The average Bonchev–Trinajstić information content (AvgIpc) is 2.32. The van der Waals surface area contributed by atoms with Crippen LogP contribution in [0.2, 0.25) is 0 Å². The van der Waals surface area contributed by atoms with E-state index in [1.807, 2.05) is 11.0 Å². The van der Waals surface area contributed by atoms with Gasteiger partial charge >= 0.3 is 0 Å². The van der Waals surface area contributed by atoms with Gasteiger partial charge < -0.3 is 15.5 Å². The number of likely N-dealkylation sites (N-methyl/N-ethyl adjacent to an activating group) is 1. The molecule has 1 saturated heterocycles. The molecular formula is C13H18FN3O. The fourth-order valence-corrected chi connectivity index (χ4v) is 2.22. The summed E-state index contributed by atoms with van der Waals surface area (Å²) in [7, 11) is 1.78. The van der Waals surface area contributed by atoms with Crippen molar-refractivity contribution in [3.05, 3.63) is 29.6 Å². The van der Waals surface area contributed by atoms with Crippen LogP contribution in [0.1, 0.15) is 18.5 Å². The zero-order valence-corrected chi connectivity index (χ0v) is 10.7. The fraction of sp³-hybridized carbons (Fsp3) is 0.462. The minimum atomic E-state index is -0.393. The van der Waals surface area contributed by atoms with Crippen molar-refractivity contribution in [1.29, 1.82) is 0 Å². The normalized spacial score (nSPS) is 18.1. The first-order valence-electron chi connectivity index (χ1n) is 6.03. The number of carbonyl (C=O) groups is 1. The molecule has 0 aromatic heterocycles. The molecule has 0 aliphatic carbocycles. The highest BCUT2D eigenvalue weighted by Crippen LogP contribution is 2.28. The summed E-state index contributed by atoms with van der Waals surface area (Å²) in [5, 5.41) is 0. The SMILES string of the molecule is CC(N)c1c(F)cccc1N1CCN(C)C(=O)C1. The summed E-state index contributed by atoms with van der Waals surface area (Å²) in [5.41, 5.74) is 7.03. The summed E-state index contributed by atoms with van der Waals surface area (Å²) in [5.74, 6) is -0.269. The molecule has 0 bridgehead atoms. The topological polar surface area (TPSA) is 49.6 Å². The van der Waals surface area contributed by atoms with E-state index < -0.39 is 6.04 Å². The molecule has 1 atom stereocenters. The molecule has 2 rings (SSSR count). The minimum Gasteiger partial charge on any atom is -0.360 e. The molecular weight excluding hydrogens is 233 g/mol. The summed E-state index contributed by atoms with van der Waals surface area (Å²) in [6, 6.07) is 4.48. The second kappa shape index (κ2) is 4.94. The van der Waals surface area contributed by atoms with Gasteiger partial charge in [-0.05, 0) is 19.1 Å². The lowest BCUT2D eigenvalue weighted by atomic mass is 10.0. The van der Waals surface area contributed by atoms with E-state index in [9.17, 15) is 9.18 Å². The molecule has 4 nitrogen and oxygen atoms in total. The van der Waals surface area contributed by atoms with Gasteiger partial charge in [-0.3, -0.25) is 4.79 Å². The molecule has 98 valence electrons. The Kier molecular flexibility index (Phi) is 3.52. The Hall–Kier alpha value is -1.62. The Morgan fingerprint density at radius 3 is 2.72 bits per heavy atom. The first-order valence-corrected chi connectivity index (χ1v) is 6.03. The first-order chi connectivity index (χ1) is 8.50. The number of piperazine rings is 1. The van der Waals surface area contributed by atoms with E-state index in [-0.39, 0.29) is 18.3 Å².